The minimum Gasteiger partial charge on any atom is -0.386 e. The Hall–Kier alpha value is -4.07. The fourth-order valence-electron chi connectivity index (χ4n) is 3.98. The molecule has 2 atom stereocenters. The standard InChI is InChI=1S/C23H22F4N6O4/c24-14-5-6-16(23(25,26)27)15(11-14)22(37)32-9-7-31(8-10-32)20(35)12-28-21(36)17-13-33(30-29-17)18-3-1-2-4-19(18)34/h1-6,11,13,18-19,34H,7-10,12H2,(H,28,36). The van der Waals surface area contributed by atoms with Crippen LogP contribution in [0.25, 0.3) is 0 Å². The highest BCUT2D eigenvalue weighted by molar-refractivity contribution is 5.96. The van der Waals surface area contributed by atoms with Gasteiger partial charge in [0.2, 0.25) is 5.91 Å². The Morgan fingerprint density at radius 2 is 1.73 bits per heavy atom. The van der Waals surface area contributed by atoms with E-state index in [-0.39, 0.29) is 38.4 Å². The van der Waals surface area contributed by atoms with Gasteiger partial charge in [0.05, 0.1) is 30.0 Å². The summed E-state index contributed by atoms with van der Waals surface area (Å²) in [5, 5.41) is 20.0. The van der Waals surface area contributed by atoms with Crippen molar-refractivity contribution in [3.05, 3.63) is 71.3 Å². The number of alkyl halides is 3. The third-order valence-corrected chi connectivity index (χ3v) is 5.96. The molecule has 0 bridgehead atoms. The van der Waals surface area contributed by atoms with Gasteiger partial charge in [0.15, 0.2) is 5.69 Å². The summed E-state index contributed by atoms with van der Waals surface area (Å²) in [4.78, 5) is 40.0. The lowest BCUT2D eigenvalue weighted by molar-refractivity contribution is -0.138. The predicted octanol–water partition coefficient (Wildman–Crippen LogP) is 1.18. The minimum atomic E-state index is -4.83. The monoisotopic (exact) mass is 522 g/mol. The number of benzene rings is 1. The third-order valence-electron chi connectivity index (χ3n) is 5.96. The molecule has 1 aromatic heterocycles. The fraction of sp³-hybridized carbons (Fsp3) is 0.348. The summed E-state index contributed by atoms with van der Waals surface area (Å²) in [7, 11) is 0. The van der Waals surface area contributed by atoms with E-state index in [2.05, 4.69) is 15.6 Å². The molecule has 1 saturated heterocycles. The highest BCUT2D eigenvalue weighted by Gasteiger charge is 2.37. The van der Waals surface area contributed by atoms with Crippen LogP contribution in [0.2, 0.25) is 0 Å². The molecule has 4 rings (SSSR count). The average Bonchev–Trinajstić information content (AvgIpc) is 3.36. The second-order valence-corrected chi connectivity index (χ2v) is 8.38. The van der Waals surface area contributed by atoms with Gasteiger partial charge in [-0.3, -0.25) is 14.4 Å². The summed E-state index contributed by atoms with van der Waals surface area (Å²) in [5.41, 5.74) is -2.09. The zero-order valence-corrected chi connectivity index (χ0v) is 19.2. The van der Waals surface area contributed by atoms with E-state index in [0.717, 1.165) is 4.90 Å². The molecule has 2 unspecified atom stereocenters. The molecule has 3 amide bonds. The first-order valence-electron chi connectivity index (χ1n) is 11.2. The lowest BCUT2D eigenvalue weighted by Gasteiger charge is -2.35. The van der Waals surface area contributed by atoms with Crippen LogP contribution in [-0.4, -0.2) is 86.4 Å². The quantitative estimate of drug-likeness (QED) is 0.569. The van der Waals surface area contributed by atoms with Gasteiger partial charge in [0.25, 0.3) is 11.8 Å². The smallest absolute Gasteiger partial charge is 0.386 e. The van der Waals surface area contributed by atoms with Crippen molar-refractivity contribution in [2.45, 2.75) is 18.3 Å². The number of nitrogens with one attached hydrogen (secondary N) is 1. The van der Waals surface area contributed by atoms with E-state index in [1.54, 1.807) is 24.3 Å². The molecule has 1 aromatic carbocycles. The van der Waals surface area contributed by atoms with Crippen molar-refractivity contribution in [1.29, 1.82) is 0 Å². The first-order chi connectivity index (χ1) is 17.5. The Labute approximate surface area is 207 Å². The maximum Gasteiger partial charge on any atom is 0.417 e. The van der Waals surface area contributed by atoms with Gasteiger partial charge in [-0.05, 0) is 18.2 Å². The number of hydrogen-bond donors (Lipinski definition) is 2. The van der Waals surface area contributed by atoms with Crippen molar-refractivity contribution >= 4 is 17.7 Å². The number of allylic oxidation sites excluding steroid dienone is 2. The molecule has 2 heterocycles. The van der Waals surface area contributed by atoms with E-state index in [0.29, 0.717) is 18.2 Å². The first-order valence-corrected chi connectivity index (χ1v) is 11.2. The molecule has 2 aromatic rings. The van der Waals surface area contributed by atoms with Crippen LogP contribution in [0.15, 0.2) is 48.7 Å². The molecular weight excluding hydrogens is 500 g/mol. The Morgan fingerprint density at radius 3 is 2.41 bits per heavy atom. The Bertz CT molecular complexity index is 1250. The molecular formula is C23H22F4N6O4. The number of rotatable bonds is 5. The van der Waals surface area contributed by atoms with E-state index in [1.807, 2.05) is 0 Å². The van der Waals surface area contributed by atoms with Crippen molar-refractivity contribution < 1.29 is 37.1 Å². The zero-order valence-electron chi connectivity index (χ0n) is 19.2. The van der Waals surface area contributed by atoms with Crippen LogP contribution in [0, 0.1) is 5.82 Å². The summed E-state index contributed by atoms with van der Waals surface area (Å²) in [6, 6.07) is 1.18. The van der Waals surface area contributed by atoms with Gasteiger partial charge in [-0.2, -0.15) is 13.2 Å². The van der Waals surface area contributed by atoms with E-state index in [1.165, 1.54) is 15.8 Å². The largest absolute Gasteiger partial charge is 0.417 e. The maximum atomic E-state index is 13.6. The van der Waals surface area contributed by atoms with E-state index in [9.17, 15) is 37.1 Å². The first kappa shape index (κ1) is 26.0. The molecule has 2 aliphatic rings. The molecule has 14 heteroatoms. The van der Waals surface area contributed by atoms with Crippen molar-refractivity contribution in [2.75, 3.05) is 32.7 Å². The van der Waals surface area contributed by atoms with Crippen molar-refractivity contribution in [2.24, 2.45) is 0 Å². The number of carbonyl (C=O) groups excluding carboxylic acids is 3. The van der Waals surface area contributed by atoms with Crippen LogP contribution >= 0.6 is 0 Å². The number of carbonyl (C=O) groups is 3. The lowest BCUT2D eigenvalue weighted by atomic mass is 10.0. The number of aromatic nitrogens is 3. The number of piperazine rings is 1. The molecule has 1 fully saturated rings. The SMILES string of the molecule is O=C(NCC(=O)N1CCN(C(=O)c2cc(F)ccc2C(F)(F)F)CC1)c1cn(C2C=CC=CC2O)nn1. The number of amides is 3. The van der Waals surface area contributed by atoms with E-state index >= 15 is 0 Å². The Kier molecular flexibility index (Phi) is 7.38. The molecule has 1 aliphatic carbocycles. The Morgan fingerprint density at radius 1 is 1.05 bits per heavy atom. The average molecular weight is 522 g/mol. The topological polar surface area (TPSA) is 121 Å². The van der Waals surface area contributed by atoms with Crippen LogP contribution in [0.4, 0.5) is 17.6 Å². The minimum absolute atomic E-state index is 0.0205. The molecule has 1 aliphatic heterocycles. The second-order valence-electron chi connectivity index (χ2n) is 8.38. The van der Waals surface area contributed by atoms with Crippen molar-refractivity contribution in [3.63, 3.8) is 0 Å². The molecule has 196 valence electrons. The highest BCUT2D eigenvalue weighted by Crippen LogP contribution is 2.33. The summed E-state index contributed by atoms with van der Waals surface area (Å²) in [6.45, 7) is -0.464. The zero-order chi connectivity index (χ0) is 26.7. The van der Waals surface area contributed by atoms with Gasteiger partial charge in [-0.1, -0.05) is 29.5 Å². The van der Waals surface area contributed by atoms with Crippen LogP contribution in [-0.2, 0) is 11.0 Å². The van der Waals surface area contributed by atoms with Crippen molar-refractivity contribution in [3.8, 4) is 0 Å². The van der Waals surface area contributed by atoms with E-state index in [4.69, 9.17) is 0 Å². The molecule has 2 N–H and O–H groups in total. The molecule has 0 radical (unpaired) electrons. The van der Waals surface area contributed by atoms with Crippen LogP contribution in [0.1, 0.15) is 32.5 Å². The summed E-state index contributed by atoms with van der Waals surface area (Å²) < 4.78 is 54.6. The molecule has 10 nitrogen and oxygen atoms in total. The normalized spacial score (nSPS) is 19.7. The van der Waals surface area contributed by atoms with E-state index < -0.39 is 53.0 Å². The lowest BCUT2D eigenvalue weighted by Crippen LogP contribution is -2.52. The second kappa shape index (κ2) is 10.5. The predicted molar refractivity (Wildman–Crippen MR) is 120 cm³/mol. The van der Waals surface area contributed by atoms with Gasteiger partial charge >= 0.3 is 6.18 Å². The number of hydrogen-bond acceptors (Lipinski definition) is 6. The van der Waals surface area contributed by atoms with Crippen LogP contribution in [0.5, 0.6) is 0 Å². The number of aliphatic hydroxyl groups excluding tert-OH is 1. The number of aliphatic hydroxyl groups is 1. The third kappa shape index (κ3) is 5.85. The van der Waals surface area contributed by atoms with Gasteiger partial charge in [0.1, 0.15) is 11.9 Å². The van der Waals surface area contributed by atoms with Gasteiger partial charge in [-0.25, -0.2) is 9.07 Å². The summed E-state index contributed by atoms with van der Waals surface area (Å²) in [5.74, 6) is -3.08. The molecule has 0 saturated carbocycles. The number of halogens is 4. The molecule has 0 spiro atoms. The fourth-order valence-corrected chi connectivity index (χ4v) is 3.98. The number of nitrogens with zero attached hydrogens (tertiary/aromatic N) is 5. The van der Waals surface area contributed by atoms with Gasteiger partial charge < -0.3 is 20.2 Å². The Balaban J connectivity index is 1.29. The van der Waals surface area contributed by atoms with Gasteiger partial charge in [-0.15, -0.1) is 5.10 Å². The van der Waals surface area contributed by atoms with Crippen molar-refractivity contribution in [1.82, 2.24) is 30.1 Å². The maximum absolute atomic E-state index is 13.6. The van der Waals surface area contributed by atoms with Crippen LogP contribution in [0.3, 0.4) is 0 Å². The summed E-state index contributed by atoms with van der Waals surface area (Å²) >= 11 is 0. The van der Waals surface area contributed by atoms with Crippen LogP contribution < -0.4 is 5.32 Å². The highest BCUT2D eigenvalue weighted by atomic mass is 19.4. The molecule has 37 heavy (non-hydrogen) atoms. The summed E-state index contributed by atoms with van der Waals surface area (Å²) in [6.07, 6.45) is 2.31. The van der Waals surface area contributed by atoms with Gasteiger partial charge in [0, 0.05) is 26.2 Å².